The van der Waals surface area contributed by atoms with E-state index in [1.807, 2.05) is 12.4 Å². The average molecular weight is 347 g/mol. The van der Waals surface area contributed by atoms with Crippen molar-refractivity contribution in [3.63, 3.8) is 0 Å². The Morgan fingerprint density at radius 3 is 2.04 bits per heavy atom. The summed E-state index contributed by atoms with van der Waals surface area (Å²) in [6, 6.07) is 0.744. The molecule has 140 valence electrons. The lowest BCUT2D eigenvalue weighted by atomic mass is 9.91. The molecule has 25 heavy (non-hydrogen) atoms. The summed E-state index contributed by atoms with van der Waals surface area (Å²) in [6.07, 6.45) is 9.82. The number of aromatic nitrogens is 2. The zero-order chi connectivity index (χ0) is 17.8. The molecule has 0 radical (unpaired) electrons. The highest BCUT2D eigenvalue weighted by Gasteiger charge is 2.29. The maximum atomic E-state index is 5.99. The number of hydrogen-bond donors (Lipinski definition) is 0. The summed E-state index contributed by atoms with van der Waals surface area (Å²) in [6.45, 7) is 13.0. The Morgan fingerprint density at radius 2 is 1.52 bits per heavy atom. The quantitative estimate of drug-likeness (QED) is 0.817. The first-order valence-corrected chi connectivity index (χ1v) is 9.99. The van der Waals surface area contributed by atoms with Crippen LogP contribution in [0.25, 0.3) is 0 Å². The fourth-order valence-corrected chi connectivity index (χ4v) is 4.07. The average Bonchev–Trinajstić information content (AvgIpc) is 2.62. The number of piperazine rings is 1. The largest absolute Gasteiger partial charge is 0.376 e. The minimum absolute atomic E-state index is 0.356. The Morgan fingerprint density at radius 1 is 0.920 bits per heavy atom. The van der Waals surface area contributed by atoms with E-state index in [1.54, 1.807) is 0 Å². The molecule has 0 amide bonds. The van der Waals surface area contributed by atoms with E-state index in [2.05, 4.69) is 47.5 Å². The van der Waals surface area contributed by atoms with Crippen LogP contribution in [0.2, 0.25) is 0 Å². The van der Waals surface area contributed by atoms with Gasteiger partial charge in [-0.1, -0.05) is 13.8 Å². The van der Waals surface area contributed by atoms with Crippen LogP contribution >= 0.6 is 0 Å². The van der Waals surface area contributed by atoms with E-state index >= 15 is 0 Å². The molecular formula is C20H34N4O. The second kappa shape index (κ2) is 8.45. The van der Waals surface area contributed by atoms with E-state index in [-0.39, 0.29) is 0 Å². The van der Waals surface area contributed by atoms with Crippen LogP contribution in [0.1, 0.15) is 65.1 Å². The van der Waals surface area contributed by atoms with E-state index in [9.17, 15) is 0 Å². The van der Waals surface area contributed by atoms with Crippen molar-refractivity contribution in [3.05, 3.63) is 18.2 Å². The Hall–Kier alpha value is -1.20. The van der Waals surface area contributed by atoms with Gasteiger partial charge in [-0.3, -0.25) is 4.90 Å². The highest BCUT2D eigenvalue weighted by atomic mass is 16.5. The van der Waals surface area contributed by atoms with Crippen molar-refractivity contribution < 1.29 is 4.74 Å². The van der Waals surface area contributed by atoms with Crippen molar-refractivity contribution in [1.29, 1.82) is 0 Å². The summed E-state index contributed by atoms with van der Waals surface area (Å²) in [5, 5.41) is 0. The minimum atomic E-state index is 0.356. The molecule has 3 rings (SSSR count). The lowest BCUT2D eigenvalue weighted by Gasteiger charge is -2.42. The van der Waals surface area contributed by atoms with Crippen LogP contribution < -0.4 is 4.90 Å². The molecule has 1 saturated carbocycles. The van der Waals surface area contributed by atoms with Crippen molar-refractivity contribution in [2.45, 2.75) is 77.5 Å². The van der Waals surface area contributed by atoms with Gasteiger partial charge in [0.15, 0.2) is 0 Å². The number of rotatable bonds is 5. The molecule has 2 aliphatic rings. The lowest BCUT2D eigenvalue weighted by Crippen LogP contribution is -2.51. The molecule has 1 aliphatic carbocycles. The molecule has 5 heteroatoms. The first-order valence-electron chi connectivity index (χ1n) is 9.99. The van der Waals surface area contributed by atoms with Crippen LogP contribution in [-0.4, -0.2) is 59.3 Å². The van der Waals surface area contributed by atoms with Crippen LogP contribution in [-0.2, 0) is 4.74 Å². The van der Waals surface area contributed by atoms with Gasteiger partial charge in [0.1, 0.15) is 5.82 Å². The van der Waals surface area contributed by atoms with Gasteiger partial charge >= 0.3 is 0 Å². The Balaban J connectivity index is 1.46. The maximum absolute atomic E-state index is 5.99. The van der Waals surface area contributed by atoms with Crippen LogP contribution in [0.4, 0.5) is 5.69 Å². The molecule has 0 unspecified atom stereocenters. The zero-order valence-corrected chi connectivity index (χ0v) is 16.3. The minimum Gasteiger partial charge on any atom is -0.376 e. The second-order valence-corrected chi connectivity index (χ2v) is 8.09. The highest BCUT2D eigenvalue weighted by Crippen LogP contribution is 2.27. The van der Waals surface area contributed by atoms with Gasteiger partial charge in [0, 0.05) is 38.1 Å². The Kier molecular flexibility index (Phi) is 6.29. The highest BCUT2D eigenvalue weighted by molar-refractivity contribution is 5.42. The van der Waals surface area contributed by atoms with E-state index < -0.39 is 0 Å². The number of nitrogens with zero attached hydrogens (tertiary/aromatic N) is 4. The first-order chi connectivity index (χ1) is 12.0. The van der Waals surface area contributed by atoms with Gasteiger partial charge in [-0.25, -0.2) is 9.97 Å². The summed E-state index contributed by atoms with van der Waals surface area (Å²) in [4.78, 5) is 14.1. The van der Waals surface area contributed by atoms with E-state index in [1.165, 1.54) is 25.7 Å². The van der Waals surface area contributed by atoms with Crippen LogP contribution in [0.5, 0.6) is 0 Å². The van der Waals surface area contributed by atoms with E-state index in [4.69, 9.17) is 4.74 Å². The second-order valence-electron chi connectivity index (χ2n) is 8.09. The van der Waals surface area contributed by atoms with E-state index in [0.29, 0.717) is 18.1 Å². The summed E-state index contributed by atoms with van der Waals surface area (Å²) in [7, 11) is 0. The lowest BCUT2D eigenvalue weighted by molar-refractivity contribution is -0.0266. The van der Waals surface area contributed by atoms with Crippen molar-refractivity contribution >= 4 is 5.69 Å². The fourth-order valence-electron chi connectivity index (χ4n) is 4.07. The maximum Gasteiger partial charge on any atom is 0.130 e. The molecule has 0 N–H and O–H groups in total. The molecule has 0 atom stereocenters. The molecule has 1 aromatic rings. The summed E-state index contributed by atoms with van der Waals surface area (Å²) in [5.41, 5.74) is 1.16. The SMILES string of the molecule is CC(C)O[C@H]1CC[C@@H](N2CCN(c3cnc(C(C)C)nc3)CC2)CC1. The number of ether oxygens (including phenoxy) is 1. The van der Waals surface area contributed by atoms with Gasteiger partial charge in [-0.15, -0.1) is 0 Å². The van der Waals surface area contributed by atoms with Crippen molar-refractivity contribution in [3.8, 4) is 0 Å². The molecular weight excluding hydrogens is 312 g/mol. The van der Waals surface area contributed by atoms with Gasteiger partial charge < -0.3 is 9.64 Å². The summed E-state index contributed by atoms with van der Waals surface area (Å²) >= 11 is 0. The predicted octanol–water partition coefficient (Wildman–Crippen LogP) is 3.46. The van der Waals surface area contributed by atoms with Gasteiger partial charge in [0.25, 0.3) is 0 Å². The summed E-state index contributed by atoms with van der Waals surface area (Å²) in [5.74, 6) is 1.32. The van der Waals surface area contributed by atoms with Crippen molar-refractivity contribution in [1.82, 2.24) is 14.9 Å². The van der Waals surface area contributed by atoms with Crippen LogP contribution in [0.3, 0.4) is 0 Å². The molecule has 1 saturated heterocycles. The molecule has 1 aliphatic heterocycles. The normalized spacial score (nSPS) is 25.8. The van der Waals surface area contributed by atoms with E-state index in [0.717, 1.165) is 43.7 Å². The molecule has 1 aromatic heterocycles. The smallest absolute Gasteiger partial charge is 0.130 e. The molecule has 2 heterocycles. The third-order valence-electron chi connectivity index (χ3n) is 5.48. The monoisotopic (exact) mass is 346 g/mol. The van der Waals surface area contributed by atoms with Gasteiger partial charge in [-0.2, -0.15) is 0 Å². The molecule has 2 fully saturated rings. The van der Waals surface area contributed by atoms with Crippen LogP contribution in [0, 0.1) is 0 Å². The summed E-state index contributed by atoms with van der Waals surface area (Å²) < 4.78 is 5.99. The van der Waals surface area contributed by atoms with Crippen LogP contribution in [0.15, 0.2) is 12.4 Å². The molecule has 5 nitrogen and oxygen atoms in total. The Bertz CT molecular complexity index is 515. The zero-order valence-electron chi connectivity index (χ0n) is 16.3. The fraction of sp³-hybridized carbons (Fsp3) is 0.800. The Labute approximate surface area is 152 Å². The number of hydrogen-bond acceptors (Lipinski definition) is 5. The van der Waals surface area contributed by atoms with Gasteiger partial charge in [-0.05, 0) is 39.5 Å². The van der Waals surface area contributed by atoms with Crippen molar-refractivity contribution in [2.75, 3.05) is 31.1 Å². The van der Waals surface area contributed by atoms with Crippen molar-refractivity contribution in [2.24, 2.45) is 0 Å². The molecule has 0 bridgehead atoms. The first kappa shape index (κ1) is 18.6. The number of anilines is 1. The van der Waals surface area contributed by atoms with Gasteiger partial charge in [0.05, 0.1) is 30.3 Å². The molecule has 0 spiro atoms. The third kappa shape index (κ3) is 4.91. The molecule has 0 aromatic carbocycles. The third-order valence-corrected chi connectivity index (χ3v) is 5.48. The van der Waals surface area contributed by atoms with Gasteiger partial charge in [0.2, 0.25) is 0 Å². The predicted molar refractivity (Wildman–Crippen MR) is 102 cm³/mol. The topological polar surface area (TPSA) is 41.5 Å². The standard InChI is InChI=1S/C20H34N4O/c1-15(2)20-21-13-18(14-22-20)24-11-9-23(10-12-24)17-5-7-19(8-6-17)25-16(3)4/h13-17,19H,5-12H2,1-4H3/t17-,19+.